The lowest BCUT2D eigenvalue weighted by Crippen LogP contribution is -2.27. The van der Waals surface area contributed by atoms with Gasteiger partial charge in [0.05, 0.1) is 0 Å². The van der Waals surface area contributed by atoms with Crippen LogP contribution in [0.2, 0.25) is 0 Å². The van der Waals surface area contributed by atoms with Crippen LogP contribution >= 0.6 is 0 Å². The fourth-order valence-electron chi connectivity index (χ4n) is 3.33. The predicted molar refractivity (Wildman–Crippen MR) is 103 cm³/mol. The number of unbranched alkanes of at least 4 members (excludes halogenated alkanes) is 12. The van der Waals surface area contributed by atoms with Crippen LogP contribution in [0.25, 0.3) is 0 Å². The van der Waals surface area contributed by atoms with Crippen LogP contribution < -0.4 is 0 Å². The summed E-state index contributed by atoms with van der Waals surface area (Å²) >= 11 is 0. The molecule has 0 aromatic rings. The first-order chi connectivity index (χ1) is 10.7. The van der Waals surface area contributed by atoms with Gasteiger partial charge in [-0.25, -0.2) is 0 Å². The summed E-state index contributed by atoms with van der Waals surface area (Å²) in [6.45, 7) is 4.59. The molecule has 1 nitrogen and oxygen atoms in total. The van der Waals surface area contributed by atoms with Gasteiger partial charge in [-0.1, -0.05) is 104 Å². The third kappa shape index (κ3) is 14.9. The summed E-state index contributed by atoms with van der Waals surface area (Å²) in [4.78, 5) is 2.46. The molecule has 1 atom stereocenters. The molecular formula is C21H45N. The van der Waals surface area contributed by atoms with Crippen molar-refractivity contribution in [1.29, 1.82) is 0 Å². The fraction of sp³-hybridized carbons (Fsp3) is 1.00. The zero-order chi connectivity index (χ0) is 16.5. The first-order valence-corrected chi connectivity index (χ1v) is 10.4. The average molecular weight is 312 g/mol. The molecule has 0 bridgehead atoms. The van der Waals surface area contributed by atoms with Gasteiger partial charge in [-0.3, -0.25) is 0 Å². The standard InChI is InChI=1S/C21H45N/c1-5-7-9-11-12-13-14-16-18-20-21(22(3)4)19-17-15-10-8-6-2/h21H,5-20H2,1-4H3. The number of hydrogen-bond acceptors (Lipinski definition) is 1. The van der Waals surface area contributed by atoms with Gasteiger partial charge < -0.3 is 4.90 Å². The van der Waals surface area contributed by atoms with E-state index in [-0.39, 0.29) is 0 Å². The van der Waals surface area contributed by atoms with Crippen molar-refractivity contribution in [3.63, 3.8) is 0 Å². The summed E-state index contributed by atoms with van der Waals surface area (Å²) in [5, 5.41) is 0. The van der Waals surface area contributed by atoms with Gasteiger partial charge in [-0.05, 0) is 26.9 Å². The molecule has 134 valence electrons. The third-order valence-corrected chi connectivity index (χ3v) is 5.01. The lowest BCUT2D eigenvalue weighted by Gasteiger charge is -2.24. The molecule has 0 fully saturated rings. The van der Waals surface area contributed by atoms with Gasteiger partial charge in [-0.15, -0.1) is 0 Å². The molecule has 0 heterocycles. The molecule has 0 rings (SSSR count). The van der Waals surface area contributed by atoms with Gasteiger partial charge in [0.1, 0.15) is 0 Å². The second-order valence-corrected chi connectivity index (χ2v) is 7.44. The molecule has 0 radical (unpaired) electrons. The lowest BCUT2D eigenvalue weighted by atomic mass is 9.99. The van der Waals surface area contributed by atoms with Crippen molar-refractivity contribution in [2.24, 2.45) is 0 Å². The maximum Gasteiger partial charge on any atom is 0.00891 e. The molecule has 1 unspecified atom stereocenters. The summed E-state index contributed by atoms with van der Waals surface area (Å²) < 4.78 is 0. The Morgan fingerprint density at radius 3 is 1.14 bits per heavy atom. The Labute approximate surface area is 142 Å². The number of nitrogens with zero attached hydrogens (tertiary/aromatic N) is 1. The average Bonchev–Trinajstić information content (AvgIpc) is 2.50. The van der Waals surface area contributed by atoms with E-state index in [2.05, 4.69) is 32.8 Å². The molecule has 0 aliphatic rings. The summed E-state index contributed by atoms with van der Waals surface area (Å²) in [5.74, 6) is 0. The Kier molecular flexibility index (Phi) is 17.3. The van der Waals surface area contributed by atoms with Gasteiger partial charge >= 0.3 is 0 Å². The second kappa shape index (κ2) is 17.3. The van der Waals surface area contributed by atoms with E-state index in [1.54, 1.807) is 0 Å². The highest BCUT2D eigenvalue weighted by molar-refractivity contribution is 4.66. The Morgan fingerprint density at radius 1 is 0.500 bits per heavy atom. The van der Waals surface area contributed by atoms with Crippen LogP contribution in [0.5, 0.6) is 0 Å². The molecule has 0 N–H and O–H groups in total. The SMILES string of the molecule is CCCCCCCCCCCC(CCCCCCC)N(C)C. The van der Waals surface area contributed by atoms with Gasteiger partial charge in [0, 0.05) is 6.04 Å². The van der Waals surface area contributed by atoms with Crippen LogP contribution in [0, 0.1) is 0 Å². The Bertz CT molecular complexity index is 200. The molecule has 0 saturated carbocycles. The van der Waals surface area contributed by atoms with Crippen LogP contribution in [0.15, 0.2) is 0 Å². The summed E-state index contributed by atoms with van der Waals surface area (Å²) in [6.07, 6.45) is 22.9. The Balaban J connectivity index is 3.45. The van der Waals surface area contributed by atoms with Crippen molar-refractivity contribution in [3.8, 4) is 0 Å². The predicted octanol–water partition coefficient (Wildman–Crippen LogP) is 7.20. The van der Waals surface area contributed by atoms with Crippen LogP contribution in [-0.2, 0) is 0 Å². The topological polar surface area (TPSA) is 3.24 Å². The maximum absolute atomic E-state index is 2.46. The first-order valence-electron chi connectivity index (χ1n) is 10.4. The molecule has 22 heavy (non-hydrogen) atoms. The van der Waals surface area contributed by atoms with E-state index >= 15 is 0 Å². The molecule has 0 aliphatic heterocycles. The Morgan fingerprint density at radius 2 is 0.818 bits per heavy atom. The fourth-order valence-corrected chi connectivity index (χ4v) is 3.33. The minimum Gasteiger partial charge on any atom is -0.306 e. The molecule has 0 amide bonds. The normalized spacial score (nSPS) is 13.0. The molecule has 1 heteroatoms. The zero-order valence-electron chi connectivity index (χ0n) is 16.3. The zero-order valence-corrected chi connectivity index (χ0v) is 16.3. The van der Waals surface area contributed by atoms with Crippen molar-refractivity contribution in [3.05, 3.63) is 0 Å². The van der Waals surface area contributed by atoms with Crippen LogP contribution in [0.3, 0.4) is 0 Å². The summed E-state index contributed by atoms with van der Waals surface area (Å²) in [6, 6.07) is 0.825. The quantitative estimate of drug-likeness (QED) is 0.257. The second-order valence-electron chi connectivity index (χ2n) is 7.44. The molecule has 0 aromatic heterocycles. The Hall–Kier alpha value is -0.0400. The largest absolute Gasteiger partial charge is 0.306 e. The van der Waals surface area contributed by atoms with E-state index in [4.69, 9.17) is 0 Å². The van der Waals surface area contributed by atoms with E-state index in [0.717, 1.165) is 6.04 Å². The van der Waals surface area contributed by atoms with Crippen LogP contribution in [0.4, 0.5) is 0 Å². The van der Waals surface area contributed by atoms with Crippen molar-refractivity contribution in [1.82, 2.24) is 4.90 Å². The van der Waals surface area contributed by atoms with E-state index < -0.39 is 0 Å². The molecule has 0 aromatic carbocycles. The molecular weight excluding hydrogens is 266 g/mol. The monoisotopic (exact) mass is 311 g/mol. The third-order valence-electron chi connectivity index (χ3n) is 5.01. The van der Waals surface area contributed by atoms with Gasteiger partial charge in [0.15, 0.2) is 0 Å². The van der Waals surface area contributed by atoms with E-state index in [1.807, 2.05) is 0 Å². The van der Waals surface area contributed by atoms with Crippen molar-refractivity contribution in [2.45, 2.75) is 123 Å². The summed E-state index contributed by atoms with van der Waals surface area (Å²) in [5.41, 5.74) is 0. The smallest absolute Gasteiger partial charge is 0.00891 e. The minimum atomic E-state index is 0.825. The van der Waals surface area contributed by atoms with E-state index in [9.17, 15) is 0 Å². The highest BCUT2D eigenvalue weighted by Crippen LogP contribution is 2.17. The minimum absolute atomic E-state index is 0.825. The van der Waals surface area contributed by atoms with Crippen molar-refractivity contribution < 1.29 is 0 Å². The molecule has 0 saturated heterocycles. The first kappa shape index (κ1) is 22.0. The van der Waals surface area contributed by atoms with Gasteiger partial charge in [0.2, 0.25) is 0 Å². The van der Waals surface area contributed by atoms with Crippen LogP contribution in [0.1, 0.15) is 117 Å². The number of hydrogen-bond donors (Lipinski definition) is 0. The van der Waals surface area contributed by atoms with Crippen molar-refractivity contribution >= 4 is 0 Å². The van der Waals surface area contributed by atoms with Gasteiger partial charge in [0.25, 0.3) is 0 Å². The maximum atomic E-state index is 2.46. The van der Waals surface area contributed by atoms with Gasteiger partial charge in [-0.2, -0.15) is 0 Å². The molecule has 0 spiro atoms. The molecule has 0 aliphatic carbocycles. The summed E-state index contributed by atoms with van der Waals surface area (Å²) in [7, 11) is 4.54. The van der Waals surface area contributed by atoms with E-state index in [0.29, 0.717) is 0 Å². The lowest BCUT2D eigenvalue weighted by molar-refractivity contribution is 0.251. The van der Waals surface area contributed by atoms with Crippen LogP contribution in [-0.4, -0.2) is 25.0 Å². The highest BCUT2D eigenvalue weighted by atomic mass is 15.1. The number of rotatable bonds is 17. The van der Waals surface area contributed by atoms with E-state index in [1.165, 1.54) is 103 Å². The van der Waals surface area contributed by atoms with Crippen molar-refractivity contribution in [2.75, 3.05) is 14.1 Å². The highest BCUT2D eigenvalue weighted by Gasteiger charge is 2.10.